The minimum absolute atomic E-state index is 0.198. The van der Waals surface area contributed by atoms with Crippen LogP contribution in [0.15, 0.2) is 23.1 Å². The van der Waals surface area contributed by atoms with Crippen molar-refractivity contribution in [2.24, 2.45) is 5.73 Å². The van der Waals surface area contributed by atoms with E-state index in [2.05, 4.69) is 21.7 Å². The zero-order valence-corrected chi connectivity index (χ0v) is 13.4. The molecule has 7 nitrogen and oxygen atoms in total. The van der Waals surface area contributed by atoms with Gasteiger partial charge in [-0.05, 0) is 25.2 Å². The lowest BCUT2D eigenvalue weighted by molar-refractivity contribution is 0.578. The number of nitrogens with two attached hydrogens (primary N) is 1. The van der Waals surface area contributed by atoms with Gasteiger partial charge in [-0.2, -0.15) is 0 Å². The van der Waals surface area contributed by atoms with Crippen molar-refractivity contribution in [3.63, 3.8) is 0 Å². The third kappa shape index (κ3) is 4.97. The maximum Gasteiger partial charge on any atom is 0.240 e. The highest BCUT2D eigenvalue weighted by atomic mass is 32.2. The summed E-state index contributed by atoms with van der Waals surface area (Å²) < 4.78 is 63.8. The van der Waals surface area contributed by atoms with Crippen LogP contribution in [0, 0.1) is 5.82 Å². The number of hydrogen-bond acceptors (Lipinski definition) is 5. The Kier molecular flexibility index (Phi) is 5.75. The molecule has 0 spiro atoms. The predicted molar refractivity (Wildman–Crippen MR) is 80.3 cm³/mol. The van der Waals surface area contributed by atoms with Crippen molar-refractivity contribution < 1.29 is 21.2 Å². The van der Waals surface area contributed by atoms with Crippen LogP contribution in [-0.4, -0.2) is 41.2 Å². The van der Waals surface area contributed by atoms with Gasteiger partial charge in [0.15, 0.2) is 0 Å². The Hall–Kier alpha value is -1.14. The van der Waals surface area contributed by atoms with Crippen LogP contribution >= 0.6 is 12.2 Å². The molecule has 1 rings (SSSR count). The van der Waals surface area contributed by atoms with E-state index in [1.807, 2.05) is 0 Å². The van der Waals surface area contributed by atoms with E-state index in [9.17, 15) is 21.2 Å². The second-order valence-corrected chi connectivity index (χ2v) is 8.18. The van der Waals surface area contributed by atoms with Crippen LogP contribution in [-0.2, 0) is 20.0 Å². The Labute approximate surface area is 127 Å². The van der Waals surface area contributed by atoms with Crippen molar-refractivity contribution in [1.29, 1.82) is 0 Å². The first-order valence-electron chi connectivity index (χ1n) is 5.59. The quantitative estimate of drug-likeness (QED) is 0.556. The molecule has 0 bridgehead atoms. The Balaban J connectivity index is 2.94. The molecule has 0 aliphatic heterocycles. The Morgan fingerprint density at radius 3 is 2.48 bits per heavy atom. The third-order valence-electron chi connectivity index (χ3n) is 2.49. The van der Waals surface area contributed by atoms with Crippen LogP contribution in [0.4, 0.5) is 4.39 Å². The van der Waals surface area contributed by atoms with Crippen molar-refractivity contribution in [3.8, 4) is 0 Å². The number of sulfonamides is 2. The van der Waals surface area contributed by atoms with E-state index in [1.54, 1.807) is 0 Å². The maximum atomic E-state index is 13.4. The average molecular weight is 355 g/mol. The molecule has 0 amide bonds. The summed E-state index contributed by atoms with van der Waals surface area (Å²) in [7, 11) is -6.30. The van der Waals surface area contributed by atoms with Crippen molar-refractivity contribution in [3.05, 3.63) is 29.6 Å². The second-order valence-electron chi connectivity index (χ2n) is 3.93. The lowest BCUT2D eigenvalue weighted by Crippen LogP contribution is -2.33. The van der Waals surface area contributed by atoms with Crippen LogP contribution in [0.25, 0.3) is 0 Å². The van der Waals surface area contributed by atoms with Crippen LogP contribution < -0.4 is 15.2 Å². The van der Waals surface area contributed by atoms with Gasteiger partial charge in [0, 0.05) is 12.1 Å². The van der Waals surface area contributed by atoms with Gasteiger partial charge in [-0.1, -0.05) is 12.2 Å². The first kappa shape index (κ1) is 17.9. The topological polar surface area (TPSA) is 118 Å². The van der Waals surface area contributed by atoms with E-state index in [0.717, 1.165) is 18.2 Å². The zero-order valence-electron chi connectivity index (χ0n) is 11.0. The molecule has 0 saturated carbocycles. The largest absolute Gasteiger partial charge is 0.389 e. The molecule has 0 heterocycles. The SMILES string of the molecule is CNS(=O)(=O)CCNS(=O)(=O)c1ccc(F)c(C(N)=S)c1. The molecule has 11 heteroatoms. The van der Waals surface area contributed by atoms with Crippen molar-refractivity contribution in [1.82, 2.24) is 9.44 Å². The second kappa shape index (κ2) is 6.75. The van der Waals surface area contributed by atoms with Gasteiger partial charge in [0.25, 0.3) is 0 Å². The van der Waals surface area contributed by atoms with Crippen molar-refractivity contribution in [2.75, 3.05) is 19.3 Å². The maximum absolute atomic E-state index is 13.4. The van der Waals surface area contributed by atoms with E-state index in [1.165, 1.54) is 7.05 Å². The van der Waals surface area contributed by atoms with Gasteiger partial charge in [0.1, 0.15) is 10.8 Å². The third-order valence-corrected chi connectivity index (χ3v) is 5.53. The van der Waals surface area contributed by atoms with Crippen molar-refractivity contribution >= 4 is 37.3 Å². The minimum Gasteiger partial charge on any atom is -0.389 e. The summed E-state index contributed by atoms with van der Waals surface area (Å²) in [5.41, 5.74) is 5.09. The molecule has 0 unspecified atom stereocenters. The van der Waals surface area contributed by atoms with Gasteiger partial charge in [-0.15, -0.1) is 0 Å². The van der Waals surface area contributed by atoms with Gasteiger partial charge in [0.2, 0.25) is 20.0 Å². The van der Waals surface area contributed by atoms with E-state index in [0.29, 0.717) is 0 Å². The number of nitrogens with one attached hydrogen (secondary N) is 2. The Morgan fingerprint density at radius 2 is 1.95 bits per heavy atom. The summed E-state index contributed by atoms with van der Waals surface area (Å²) in [5, 5.41) is 0. The predicted octanol–water partition coefficient (Wildman–Crippen LogP) is -0.713. The van der Waals surface area contributed by atoms with E-state index >= 15 is 0 Å². The van der Waals surface area contributed by atoms with Gasteiger partial charge in [-0.25, -0.2) is 30.7 Å². The average Bonchev–Trinajstić information content (AvgIpc) is 2.38. The molecule has 0 aromatic heterocycles. The molecule has 0 radical (unpaired) electrons. The zero-order chi connectivity index (χ0) is 16.3. The molecule has 1 aromatic carbocycles. The van der Waals surface area contributed by atoms with Gasteiger partial charge in [0.05, 0.1) is 10.6 Å². The summed E-state index contributed by atoms with van der Waals surface area (Å²) in [4.78, 5) is -0.532. The monoisotopic (exact) mass is 355 g/mol. The summed E-state index contributed by atoms with van der Waals surface area (Å²) in [6.07, 6.45) is 0. The fourth-order valence-corrected chi connectivity index (χ4v) is 3.27. The summed E-state index contributed by atoms with van der Waals surface area (Å²) in [5.74, 6) is -1.16. The highest BCUT2D eigenvalue weighted by Gasteiger charge is 2.18. The molecule has 4 N–H and O–H groups in total. The van der Waals surface area contributed by atoms with E-state index < -0.39 is 31.6 Å². The number of hydrogen-bond donors (Lipinski definition) is 3. The normalized spacial score (nSPS) is 12.3. The molecule has 0 fully saturated rings. The molecule has 1 aromatic rings. The Morgan fingerprint density at radius 1 is 1.33 bits per heavy atom. The summed E-state index contributed by atoms with van der Waals surface area (Å²) in [6, 6.07) is 2.95. The number of benzene rings is 1. The molecule has 118 valence electrons. The van der Waals surface area contributed by atoms with Crippen LogP contribution in [0.1, 0.15) is 5.56 Å². The van der Waals surface area contributed by atoms with Gasteiger partial charge in [-0.3, -0.25) is 0 Å². The molecular formula is C10H14FN3O4S3. The summed E-state index contributed by atoms with van der Waals surface area (Å²) in [6.45, 7) is -0.328. The smallest absolute Gasteiger partial charge is 0.240 e. The van der Waals surface area contributed by atoms with E-state index in [4.69, 9.17) is 5.73 Å². The van der Waals surface area contributed by atoms with Gasteiger partial charge >= 0.3 is 0 Å². The first-order valence-corrected chi connectivity index (χ1v) is 9.13. The fraction of sp³-hybridized carbons (Fsp3) is 0.300. The molecule has 0 saturated heterocycles. The lowest BCUT2D eigenvalue weighted by Gasteiger charge is -2.09. The van der Waals surface area contributed by atoms with Crippen LogP contribution in [0.2, 0.25) is 0 Å². The molecular weight excluding hydrogens is 341 g/mol. The number of rotatable bonds is 7. The lowest BCUT2D eigenvalue weighted by atomic mass is 10.2. The molecule has 21 heavy (non-hydrogen) atoms. The highest BCUT2D eigenvalue weighted by molar-refractivity contribution is 7.90. The molecule has 0 aliphatic rings. The minimum atomic E-state index is -3.99. The first-order chi connectivity index (χ1) is 9.59. The summed E-state index contributed by atoms with van der Waals surface area (Å²) >= 11 is 4.62. The standard InChI is InChI=1S/C10H14FN3O4S3/c1-13-20(15,16)5-4-14-21(17,18)7-2-3-9(11)8(6-7)10(12)19/h2-3,6,13-14H,4-5H2,1H3,(H2,12,19). The number of thiocarbonyl (C=S) groups is 1. The molecule has 0 aliphatic carbocycles. The molecule has 0 atom stereocenters. The van der Waals surface area contributed by atoms with Gasteiger partial charge < -0.3 is 5.73 Å². The van der Waals surface area contributed by atoms with E-state index in [-0.39, 0.29) is 22.0 Å². The highest BCUT2D eigenvalue weighted by Crippen LogP contribution is 2.15. The fourth-order valence-electron chi connectivity index (χ4n) is 1.36. The van der Waals surface area contributed by atoms with Crippen LogP contribution in [0.3, 0.4) is 0 Å². The van der Waals surface area contributed by atoms with Crippen LogP contribution in [0.5, 0.6) is 0 Å². The van der Waals surface area contributed by atoms with Crippen molar-refractivity contribution in [2.45, 2.75) is 4.90 Å². The number of halogens is 1. The Bertz CT molecular complexity index is 747.